The Morgan fingerprint density at radius 3 is 2.56 bits per heavy atom. The molecule has 25 heavy (non-hydrogen) atoms. The highest BCUT2D eigenvalue weighted by Crippen LogP contribution is 2.09. The normalized spacial score (nSPS) is 15.0. The summed E-state index contributed by atoms with van der Waals surface area (Å²) in [6.07, 6.45) is 6.37. The molecular weight excluding hydrogens is 318 g/mol. The van der Waals surface area contributed by atoms with Crippen molar-refractivity contribution in [1.82, 2.24) is 25.1 Å². The monoisotopic (exact) mass is 339 g/mol. The molecule has 7 heteroatoms. The maximum Gasteiger partial charge on any atom is 0.255 e. The van der Waals surface area contributed by atoms with Crippen LogP contribution in [0.2, 0.25) is 0 Å². The summed E-state index contributed by atoms with van der Waals surface area (Å²) in [6.45, 7) is 3.46. The van der Waals surface area contributed by atoms with Gasteiger partial charge in [-0.15, -0.1) is 0 Å². The van der Waals surface area contributed by atoms with E-state index in [4.69, 9.17) is 0 Å². The van der Waals surface area contributed by atoms with Gasteiger partial charge in [0, 0.05) is 57.5 Å². The third kappa shape index (κ3) is 4.39. The third-order valence-electron chi connectivity index (χ3n) is 4.21. The molecule has 3 rings (SSSR count). The van der Waals surface area contributed by atoms with Crippen LogP contribution < -0.4 is 5.32 Å². The van der Waals surface area contributed by atoms with E-state index in [2.05, 4.69) is 20.2 Å². The molecule has 1 saturated heterocycles. The van der Waals surface area contributed by atoms with Crippen LogP contribution in [0.3, 0.4) is 0 Å². The lowest BCUT2D eigenvalue weighted by Gasteiger charge is -2.32. The van der Waals surface area contributed by atoms with Gasteiger partial charge in [0.25, 0.3) is 11.8 Å². The SMILES string of the molecule is CN1CCN(C(=O)c2cncc(C(=O)NCc3cccnc3)c2)CC1. The van der Waals surface area contributed by atoms with Gasteiger partial charge in [-0.05, 0) is 24.7 Å². The molecule has 0 saturated carbocycles. The Hall–Kier alpha value is -2.80. The Bertz CT molecular complexity index is 742. The number of pyridine rings is 2. The van der Waals surface area contributed by atoms with Crippen molar-refractivity contribution in [2.75, 3.05) is 33.2 Å². The summed E-state index contributed by atoms with van der Waals surface area (Å²) < 4.78 is 0. The first kappa shape index (κ1) is 17.0. The molecule has 130 valence electrons. The van der Waals surface area contributed by atoms with Gasteiger partial charge in [-0.2, -0.15) is 0 Å². The largest absolute Gasteiger partial charge is 0.348 e. The third-order valence-corrected chi connectivity index (χ3v) is 4.21. The molecule has 2 amide bonds. The number of amides is 2. The van der Waals surface area contributed by atoms with E-state index in [0.29, 0.717) is 30.8 Å². The summed E-state index contributed by atoms with van der Waals surface area (Å²) >= 11 is 0. The quantitative estimate of drug-likeness (QED) is 0.891. The maximum absolute atomic E-state index is 12.6. The van der Waals surface area contributed by atoms with Crippen molar-refractivity contribution in [2.45, 2.75) is 6.54 Å². The fraction of sp³-hybridized carbons (Fsp3) is 0.333. The molecular formula is C18H21N5O2. The molecule has 0 spiro atoms. The fourth-order valence-electron chi connectivity index (χ4n) is 2.66. The van der Waals surface area contributed by atoms with Crippen LogP contribution in [0.5, 0.6) is 0 Å². The van der Waals surface area contributed by atoms with Crippen LogP contribution in [0.1, 0.15) is 26.3 Å². The predicted octanol–water partition coefficient (Wildman–Crippen LogP) is 0.794. The molecule has 0 aromatic carbocycles. The smallest absolute Gasteiger partial charge is 0.255 e. The van der Waals surface area contributed by atoms with Gasteiger partial charge < -0.3 is 15.1 Å². The number of aromatic nitrogens is 2. The van der Waals surface area contributed by atoms with Gasteiger partial charge in [0.05, 0.1) is 11.1 Å². The van der Waals surface area contributed by atoms with Crippen LogP contribution in [-0.4, -0.2) is 64.8 Å². The van der Waals surface area contributed by atoms with Gasteiger partial charge in [0.1, 0.15) is 0 Å². The maximum atomic E-state index is 12.6. The molecule has 0 aliphatic carbocycles. The zero-order valence-electron chi connectivity index (χ0n) is 14.2. The summed E-state index contributed by atoms with van der Waals surface area (Å²) in [4.78, 5) is 37.0. The van der Waals surface area contributed by atoms with Crippen molar-refractivity contribution >= 4 is 11.8 Å². The standard InChI is InChI=1S/C18H21N5O2/c1-22-5-7-23(8-6-22)18(25)16-9-15(12-20-13-16)17(24)21-11-14-3-2-4-19-10-14/h2-4,9-10,12-13H,5-8,11H2,1H3,(H,21,24). The number of carbonyl (C=O) groups is 2. The molecule has 1 fully saturated rings. The Balaban J connectivity index is 1.64. The number of carbonyl (C=O) groups excluding carboxylic acids is 2. The van der Waals surface area contributed by atoms with Crippen molar-refractivity contribution in [3.05, 3.63) is 59.7 Å². The number of hydrogen-bond donors (Lipinski definition) is 1. The average molecular weight is 339 g/mol. The highest BCUT2D eigenvalue weighted by atomic mass is 16.2. The molecule has 0 bridgehead atoms. The number of likely N-dealkylation sites (N-methyl/N-ethyl adjacent to an activating group) is 1. The Morgan fingerprint density at radius 2 is 1.84 bits per heavy atom. The lowest BCUT2D eigenvalue weighted by Crippen LogP contribution is -2.47. The van der Waals surface area contributed by atoms with Gasteiger partial charge in [0.15, 0.2) is 0 Å². The van der Waals surface area contributed by atoms with Gasteiger partial charge in [-0.3, -0.25) is 19.6 Å². The number of rotatable bonds is 4. The highest BCUT2D eigenvalue weighted by Gasteiger charge is 2.21. The first-order chi connectivity index (χ1) is 12.1. The number of nitrogens with zero attached hydrogens (tertiary/aromatic N) is 4. The van der Waals surface area contributed by atoms with E-state index < -0.39 is 0 Å². The van der Waals surface area contributed by atoms with Crippen LogP contribution in [0.4, 0.5) is 0 Å². The van der Waals surface area contributed by atoms with Gasteiger partial charge in [0.2, 0.25) is 0 Å². The predicted molar refractivity (Wildman–Crippen MR) is 93.0 cm³/mol. The second-order valence-electron chi connectivity index (χ2n) is 6.10. The Labute approximate surface area is 146 Å². The number of nitrogens with one attached hydrogen (secondary N) is 1. The summed E-state index contributed by atoms with van der Waals surface area (Å²) in [5.74, 6) is -0.341. The van der Waals surface area contributed by atoms with E-state index in [9.17, 15) is 9.59 Å². The lowest BCUT2D eigenvalue weighted by molar-refractivity contribution is 0.0663. The number of piperazine rings is 1. The topological polar surface area (TPSA) is 78.4 Å². The minimum atomic E-state index is -0.260. The second-order valence-corrected chi connectivity index (χ2v) is 6.10. The van der Waals surface area contributed by atoms with Crippen LogP contribution in [0.15, 0.2) is 43.0 Å². The summed E-state index contributed by atoms with van der Waals surface area (Å²) in [7, 11) is 2.04. The van der Waals surface area contributed by atoms with Crippen molar-refractivity contribution in [3.63, 3.8) is 0 Å². The molecule has 2 aromatic heterocycles. The van der Waals surface area contributed by atoms with Crippen LogP contribution in [0, 0.1) is 0 Å². The molecule has 1 N–H and O–H groups in total. The Kier molecular flexibility index (Phi) is 5.35. The second kappa shape index (κ2) is 7.85. The minimum Gasteiger partial charge on any atom is -0.348 e. The lowest BCUT2D eigenvalue weighted by atomic mass is 10.1. The first-order valence-corrected chi connectivity index (χ1v) is 8.23. The molecule has 1 aliphatic rings. The van der Waals surface area contributed by atoms with Gasteiger partial charge in [-0.1, -0.05) is 6.07 Å². The molecule has 3 heterocycles. The average Bonchev–Trinajstić information content (AvgIpc) is 2.67. The Morgan fingerprint density at radius 1 is 1.08 bits per heavy atom. The van der Waals surface area contributed by atoms with E-state index in [-0.39, 0.29) is 11.8 Å². The first-order valence-electron chi connectivity index (χ1n) is 8.23. The molecule has 2 aromatic rings. The van der Waals surface area contributed by atoms with Crippen LogP contribution >= 0.6 is 0 Å². The van der Waals surface area contributed by atoms with E-state index in [1.54, 1.807) is 23.4 Å². The summed E-state index contributed by atoms with van der Waals surface area (Å²) in [5, 5.41) is 2.82. The van der Waals surface area contributed by atoms with Crippen molar-refractivity contribution in [2.24, 2.45) is 0 Å². The zero-order valence-corrected chi connectivity index (χ0v) is 14.2. The van der Waals surface area contributed by atoms with E-state index in [1.807, 2.05) is 19.2 Å². The van der Waals surface area contributed by atoms with Crippen molar-refractivity contribution in [3.8, 4) is 0 Å². The van der Waals surface area contributed by atoms with Gasteiger partial charge >= 0.3 is 0 Å². The van der Waals surface area contributed by atoms with Gasteiger partial charge in [-0.25, -0.2) is 0 Å². The molecule has 7 nitrogen and oxygen atoms in total. The zero-order chi connectivity index (χ0) is 17.6. The van der Waals surface area contributed by atoms with E-state index in [0.717, 1.165) is 18.7 Å². The van der Waals surface area contributed by atoms with Crippen LogP contribution in [0.25, 0.3) is 0 Å². The highest BCUT2D eigenvalue weighted by molar-refractivity contribution is 5.99. The molecule has 1 aliphatic heterocycles. The fourth-order valence-corrected chi connectivity index (χ4v) is 2.66. The van der Waals surface area contributed by atoms with E-state index >= 15 is 0 Å². The van der Waals surface area contributed by atoms with Crippen molar-refractivity contribution < 1.29 is 9.59 Å². The van der Waals surface area contributed by atoms with Crippen molar-refractivity contribution in [1.29, 1.82) is 0 Å². The molecule has 0 atom stereocenters. The van der Waals surface area contributed by atoms with E-state index in [1.165, 1.54) is 12.4 Å². The summed E-state index contributed by atoms with van der Waals surface area (Å²) in [6, 6.07) is 5.31. The minimum absolute atomic E-state index is 0.0810. The molecule has 0 unspecified atom stereocenters. The molecule has 0 radical (unpaired) electrons. The summed E-state index contributed by atoms with van der Waals surface area (Å²) in [5.41, 5.74) is 1.73. The van der Waals surface area contributed by atoms with Crippen LogP contribution in [-0.2, 0) is 6.54 Å². The number of hydrogen-bond acceptors (Lipinski definition) is 5.